The quantitative estimate of drug-likeness (QED) is 0.284. The zero-order valence-corrected chi connectivity index (χ0v) is 16.9. The molecule has 27 heavy (non-hydrogen) atoms. The largest absolute Gasteiger partial charge is 0.309 e. The Bertz CT molecular complexity index is 1180. The Labute approximate surface area is 170 Å². The van der Waals surface area contributed by atoms with Crippen LogP contribution in [0.4, 0.5) is 0 Å². The highest BCUT2D eigenvalue weighted by Gasteiger charge is 2.11. The Kier molecular flexibility index (Phi) is 4.27. The van der Waals surface area contributed by atoms with E-state index in [1.165, 1.54) is 37.3 Å². The molecule has 4 aromatic carbocycles. The van der Waals surface area contributed by atoms with E-state index in [0.29, 0.717) is 0 Å². The molecule has 0 atom stereocenters. The van der Waals surface area contributed by atoms with Gasteiger partial charge >= 0.3 is 0 Å². The van der Waals surface area contributed by atoms with E-state index in [1.807, 2.05) is 0 Å². The van der Waals surface area contributed by atoms with Crippen LogP contribution in [0.2, 0.25) is 0 Å². The molecule has 1 heterocycles. The molecule has 0 aliphatic heterocycles. The molecular weight excluding hydrogens is 414 g/mol. The molecule has 0 fully saturated rings. The van der Waals surface area contributed by atoms with Crippen molar-refractivity contribution in [2.24, 2.45) is 0 Å². The maximum atomic E-state index is 3.49. The molecule has 5 aromatic rings. The van der Waals surface area contributed by atoms with Crippen LogP contribution in [-0.2, 0) is 0 Å². The normalized spacial score (nSPS) is 11.3. The molecule has 0 unspecified atom stereocenters. The van der Waals surface area contributed by atoms with Crippen molar-refractivity contribution in [1.29, 1.82) is 0 Å². The maximum absolute atomic E-state index is 3.49. The first-order valence-electron chi connectivity index (χ1n) is 8.82. The second-order valence-corrected chi connectivity index (χ2v) is 8.48. The summed E-state index contributed by atoms with van der Waals surface area (Å²) in [5, 5.41) is 2.59. The summed E-state index contributed by atoms with van der Waals surface area (Å²) < 4.78 is 3.45. The summed E-state index contributed by atoms with van der Waals surface area (Å²) in [6.07, 6.45) is 0. The monoisotopic (exact) mass is 429 g/mol. The van der Waals surface area contributed by atoms with Crippen molar-refractivity contribution in [3.8, 4) is 5.69 Å². The number of hydrogen-bond acceptors (Lipinski definition) is 1. The fraction of sp³-hybridized carbons (Fsp3) is 0. The van der Waals surface area contributed by atoms with Crippen molar-refractivity contribution < 1.29 is 0 Å². The molecule has 3 heteroatoms. The van der Waals surface area contributed by atoms with Gasteiger partial charge in [0.15, 0.2) is 0 Å². The van der Waals surface area contributed by atoms with Crippen molar-refractivity contribution in [1.82, 2.24) is 4.57 Å². The van der Waals surface area contributed by atoms with E-state index in [-0.39, 0.29) is 0 Å². The molecule has 0 saturated heterocycles. The summed E-state index contributed by atoms with van der Waals surface area (Å²) in [6.45, 7) is 0. The molecule has 5 rings (SSSR count). The van der Waals surface area contributed by atoms with Gasteiger partial charge in [-0.2, -0.15) is 0 Å². The van der Waals surface area contributed by atoms with Crippen LogP contribution >= 0.6 is 27.7 Å². The van der Waals surface area contributed by atoms with E-state index < -0.39 is 0 Å². The summed E-state index contributed by atoms with van der Waals surface area (Å²) in [4.78, 5) is 2.48. The lowest BCUT2D eigenvalue weighted by Gasteiger charge is -2.09. The molecule has 1 nitrogen and oxygen atoms in total. The number of aromatic nitrogens is 1. The number of rotatable bonds is 3. The number of para-hydroxylation sites is 2. The topological polar surface area (TPSA) is 4.93 Å². The molecule has 0 radical (unpaired) electrons. The van der Waals surface area contributed by atoms with Crippen molar-refractivity contribution in [3.05, 3.63) is 102 Å². The average Bonchev–Trinajstić information content (AvgIpc) is 3.05. The molecule has 0 aliphatic carbocycles. The smallest absolute Gasteiger partial charge is 0.0541 e. The Morgan fingerprint density at radius 2 is 1.04 bits per heavy atom. The SMILES string of the molecule is Brc1ccc(Sc2ccc(-n3c4ccccc4c4ccccc43)cc2)cc1. The molecule has 0 N–H and O–H groups in total. The van der Waals surface area contributed by atoms with Gasteiger partial charge in [0, 0.05) is 30.7 Å². The predicted molar refractivity (Wildman–Crippen MR) is 119 cm³/mol. The number of nitrogens with zero attached hydrogens (tertiary/aromatic N) is 1. The summed E-state index contributed by atoms with van der Waals surface area (Å²) in [5.74, 6) is 0. The second kappa shape index (κ2) is 6.91. The van der Waals surface area contributed by atoms with Gasteiger partial charge in [0.25, 0.3) is 0 Å². The van der Waals surface area contributed by atoms with Crippen molar-refractivity contribution >= 4 is 49.5 Å². The molecular formula is C24H16BrNS. The first kappa shape index (κ1) is 16.7. The zero-order chi connectivity index (χ0) is 18.2. The minimum atomic E-state index is 1.11. The van der Waals surface area contributed by atoms with Crippen LogP contribution in [0.25, 0.3) is 27.5 Å². The third-order valence-corrected chi connectivity index (χ3v) is 6.27. The fourth-order valence-corrected chi connectivity index (χ4v) is 4.58. The van der Waals surface area contributed by atoms with Crippen LogP contribution in [-0.4, -0.2) is 4.57 Å². The number of fused-ring (bicyclic) bond motifs is 3. The first-order chi connectivity index (χ1) is 13.3. The van der Waals surface area contributed by atoms with Gasteiger partial charge in [-0.25, -0.2) is 0 Å². The summed E-state index contributed by atoms with van der Waals surface area (Å²) in [5.41, 5.74) is 3.67. The Hall–Kier alpha value is -2.49. The maximum Gasteiger partial charge on any atom is 0.0541 e. The Morgan fingerprint density at radius 1 is 0.556 bits per heavy atom. The number of hydrogen-bond donors (Lipinski definition) is 0. The standard InChI is InChI=1S/C24H16BrNS/c25-17-9-13-19(14-10-17)27-20-15-11-18(12-16-20)26-23-7-3-1-5-21(23)22-6-2-4-8-24(22)26/h1-16H. The van der Waals surface area contributed by atoms with E-state index in [0.717, 1.165) is 4.47 Å². The van der Waals surface area contributed by atoms with Gasteiger partial charge in [0.1, 0.15) is 0 Å². The van der Waals surface area contributed by atoms with Gasteiger partial charge in [-0.05, 0) is 60.7 Å². The number of halogens is 1. The minimum Gasteiger partial charge on any atom is -0.309 e. The molecule has 1 aromatic heterocycles. The lowest BCUT2D eigenvalue weighted by Crippen LogP contribution is -1.93. The van der Waals surface area contributed by atoms with E-state index in [9.17, 15) is 0 Å². The molecule has 0 spiro atoms. The lowest BCUT2D eigenvalue weighted by molar-refractivity contribution is 1.17. The third kappa shape index (κ3) is 3.07. The lowest BCUT2D eigenvalue weighted by atomic mass is 10.2. The first-order valence-corrected chi connectivity index (χ1v) is 10.4. The van der Waals surface area contributed by atoms with Crippen LogP contribution in [0, 0.1) is 0 Å². The van der Waals surface area contributed by atoms with E-state index in [2.05, 4.69) is 118 Å². The number of benzene rings is 4. The Morgan fingerprint density at radius 3 is 1.59 bits per heavy atom. The average molecular weight is 430 g/mol. The van der Waals surface area contributed by atoms with Gasteiger partial charge in [0.2, 0.25) is 0 Å². The van der Waals surface area contributed by atoms with Crippen LogP contribution in [0.5, 0.6) is 0 Å². The van der Waals surface area contributed by atoms with Crippen LogP contribution in [0.1, 0.15) is 0 Å². The van der Waals surface area contributed by atoms with Crippen LogP contribution < -0.4 is 0 Å². The highest BCUT2D eigenvalue weighted by molar-refractivity contribution is 9.10. The van der Waals surface area contributed by atoms with E-state index >= 15 is 0 Å². The van der Waals surface area contributed by atoms with Crippen LogP contribution in [0.3, 0.4) is 0 Å². The predicted octanol–water partition coefficient (Wildman–Crippen LogP) is 7.70. The van der Waals surface area contributed by atoms with Gasteiger partial charge in [-0.15, -0.1) is 0 Å². The van der Waals surface area contributed by atoms with Crippen molar-refractivity contribution in [2.45, 2.75) is 9.79 Å². The van der Waals surface area contributed by atoms with Crippen molar-refractivity contribution in [3.63, 3.8) is 0 Å². The third-order valence-electron chi connectivity index (χ3n) is 4.72. The van der Waals surface area contributed by atoms with Gasteiger partial charge < -0.3 is 4.57 Å². The molecule has 130 valence electrons. The molecule has 0 aliphatic rings. The summed E-state index contributed by atoms with van der Waals surface area (Å²) in [7, 11) is 0. The summed E-state index contributed by atoms with van der Waals surface area (Å²) in [6, 6.07) is 34.5. The van der Waals surface area contributed by atoms with Crippen molar-refractivity contribution in [2.75, 3.05) is 0 Å². The van der Waals surface area contributed by atoms with Gasteiger partial charge in [-0.1, -0.05) is 64.1 Å². The molecule has 0 saturated carbocycles. The van der Waals surface area contributed by atoms with Gasteiger partial charge in [-0.3, -0.25) is 0 Å². The molecule has 0 amide bonds. The Balaban J connectivity index is 1.57. The highest BCUT2D eigenvalue weighted by atomic mass is 79.9. The minimum absolute atomic E-state index is 1.11. The highest BCUT2D eigenvalue weighted by Crippen LogP contribution is 2.33. The van der Waals surface area contributed by atoms with Crippen LogP contribution in [0.15, 0.2) is 111 Å². The van der Waals surface area contributed by atoms with Gasteiger partial charge in [0.05, 0.1) is 11.0 Å². The van der Waals surface area contributed by atoms with E-state index in [1.54, 1.807) is 11.8 Å². The second-order valence-electron chi connectivity index (χ2n) is 6.42. The van der Waals surface area contributed by atoms with E-state index in [4.69, 9.17) is 0 Å². The summed E-state index contributed by atoms with van der Waals surface area (Å²) >= 11 is 5.27. The fourth-order valence-electron chi connectivity index (χ4n) is 3.50. The zero-order valence-electron chi connectivity index (χ0n) is 14.5. The molecule has 0 bridgehead atoms.